The highest BCUT2D eigenvalue weighted by molar-refractivity contribution is 5.95. The van der Waals surface area contributed by atoms with Crippen molar-refractivity contribution in [3.63, 3.8) is 0 Å². The Morgan fingerprint density at radius 2 is 2.14 bits per heavy atom. The summed E-state index contributed by atoms with van der Waals surface area (Å²) in [5.41, 5.74) is 6.95. The number of hydrogen-bond acceptors (Lipinski definition) is 3. The number of anilines is 1. The maximum absolute atomic E-state index is 12.0. The van der Waals surface area contributed by atoms with Crippen LogP contribution in [0.25, 0.3) is 0 Å². The molecule has 2 rings (SSSR count). The van der Waals surface area contributed by atoms with E-state index < -0.39 is 0 Å². The zero-order valence-electron chi connectivity index (χ0n) is 12.4. The number of carbonyl (C=O) groups excluding carboxylic acids is 1. The molecule has 0 aliphatic carbocycles. The van der Waals surface area contributed by atoms with Crippen LogP contribution in [0.3, 0.4) is 0 Å². The smallest absolute Gasteiger partial charge is 0.251 e. The fourth-order valence-electron chi connectivity index (χ4n) is 2.70. The summed E-state index contributed by atoms with van der Waals surface area (Å²) in [7, 11) is 0. The number of halogens is 2. The number of nitrogen functional groups attached to an aromatic ring is 1. The average molecular weight is 334 g/mol. The second-order valence-electron chi connectivity index (χ2n) is 5.11. The minimum Gasteiger partial charge on any atom is -0.399 e. The second-order valence-corrected chi connectivity index (χ2v) is 5.11. The largest absolute Gasteiger partial charge is 0.399 e. The van der Waals surface area contributed by atoms with Gasteiger partial charge in [-0.15, -0.1) is 24.8 Å². The molecule has 1 amide bonds. The first kappa shape index (κ1) is 20.0. The first-order valence-electron chi connectivity index (χ1n) is 7.08. The van der Waals surface area contributed by atoms with Crippen LogP contribution in [-0.2, 0) is 0 Å². The van der Waals surface area contributed by atoms with Crippen molar-refractivity contribution >= 4 is 36.4 Å². The van der Waals surface area contributed by atoms with Gasteiger partial charge in [0, 0.05) is 23.8 Å². The highest BCUT2D eigenvalue weighted by Gasteiger charge is 2.21. The van der Waals surface area contributed by atoms with E-state index in [0.717, 1.165) is 19.6 Å². The Morgan fingerprint density at radius 1 is 1.38 bits per heavy atom. The topological polar surface area (TPSA) is 58.4 Å². The lowest BCUT2D eigenvalue weighted by atomic mass is 10.0. The number of nitrogens with one attached hydrogen (secondary N) is 1. The highest BCUT2D eigenvalue weighted by Crippen LogP contribution is 2.16. The van der Waals surface area contributed by atoms with Crippen LogP contribution in [0.1, 0.15) is 36.5 Å². The van der Waals surface area contributed by atoms with Crippen LogP contribution < -0.4 is 11.1 Å². The molecule has 1 aliphatic rings. The molecular formula is C15H25Cl2N3O. The summed E-state index contributed by atoms with van der Waals surface area (Å²) in [5, 5.41) is 3.02. The van der Waals surface area contributed by atoms with Gasteiger partial charge in [0.1, 0.15) is 0 Å². The number of hydrogen-bond donors (Lipinski definition) is 2. The molecule has 3 N–H and O–H groups in total. The van der Waals surface area contributed by atoms with E-state index in [0.29, 0.717) is 17.3 Å². The Balaban J connectivity index is 0.00000200. The zero-order valence-corrected chi connectivity index (χ0v) is 14.0. The summed E-state index contributed by atoms with van der Waals surface area (Å²) < 4.78 is 0. The zero-order chi connectivity index (χ0) is 13.7. The lowest BCUT2D eigenvalue weighted by Crippen LogP contribution is -2.46. The van der Waals surface area contributed by atoms with Crippen LogP contribution in [0.4, 0.5) is 5.69 Å². The van der Waals surface area contributed by atoms with Crippen LogP contribution in [0.2, 0.25) is 0 Å². The van der Waals surface area contributed by atoms with Crippen LogP contribution in [0.5, 0.6) is 0 Å². The molecule has 0 bridgehead atoms. The van der Waals surface area contributed by atoms with Crippen molar-refractivity contribution in [1.29, 1.82) is 0 Å². The average Bonchev–Trinajstić information content (AvgIpc) is 2.45. The van der Waals surface area contributed by atoms with E-state index in [1.54, 1.807) is 18.2 Å². The summed E-state index contributed by atoms with van der Waals surface area (Å²) in [6, 6.07) is 7.58. The van der Waals surface area contributed by atoms with Crippen molar-refractivity contribution in [3.8, 4) is 0 Å². The Morgan fingerprint density at radius 3 is 2.81 bits per heavy atom. The number of carbonyl (C=O) groups is 1. The third-order valence-electron chi connectivity index (χ3n) is 3.80. The second kappa shape index (κ2) is 9.87. The summed E-state index contributed by atoms with van der Waals surface area (Å²) in [6.07, 6.45) is 3.70. The van der Waals surface area contributed by atoms with Crippen LogP contribution in [-0.4, -0.2) is 36.5 Å². The molecule has 21 heavy (non-hydrogen) atoms. The first-order valence-corrected chi connectivity index (χ1v) is 7.08. The predicted octanol–water partition coefficient (Wildman–Crippen LogP) is 2.72. The molecular weight excluding hydrogens is 309 g/mol. The van der Waals surface area contributed by atoms with Crippen LogP contribution in [0.15, 0.2) is 24.3 Å². The van der Waals surface area contributed by atoms with E-state index in [-0.39, 0.29) is 30.7 Å². The number of amides is 1. The monoisotopic (exact) mass is 333 g/mol. The van der Waals surface area contributed by atoms with Gasteiger partial charge < -0.3 is 11.1 Å². The lowest BCUT2D eigenvalue weighted by molar-refractivity contribution is 0.0918. The number of likely N-dealkylation sites (tertiary alicyclic amines) is 1. The molecule has 1 saturated heterocycles. The number of benzene rings is 1. The van der Waals surface area contributed by atoms with Gasteiger partial charge in [0.05, 0.1) is 0 Å². The molecule has 1 fully saturated rings. The van der Waals surface area contributed by atoms with Gasteiger partial charge in [0.15, 0.2) is 0 Å². The van der Waals surface area contributed by atoms with Crippen molar-refractivity contribution in [2.24, 2.45) is 0 Å². The molecule has 0 radical (unpaired) electrons. The molecule has 0 spiro atoms. The van der Waals surface area contributed by atoms with E-state index in [1.807, 2.05) is 6.07 Å². The minimum absolute atomic E-state index is 0. The maximum atomic E-state index is 12.0. The standard InChI is InChI=1S/C15H23N3O.2ClH/c1-2-18-9-4-3-8-14(18)11-17-15(19)12-6-5-7-13(16)10-12;;/h5-7,10,14H,2-4,8-9,11,16H2,1H3,(H,17,19);2*1H. The summed E-state index contributed by atoms with van der Waals surface area (Å²) in [6.45, 7) is 5.10. The Labute approximate surface area is 139 Å². The van der Waals surface area contributed by atoms with Crippen molar-refractivity contribution in [1.82, 2.24) is 10.2 Å². The summed E-state index contributed by atoms with van der Waals surface area (Å²) >= 11 is 0. The number of piperidine rings is 1. The SMILES string of the molecule is CCN1CCCCC1CNC(=O)c1cccc(N)c1.Cl.Cl. The van der Waals surface area contributed by atoms with E-state index in [9.17, 15) is 4.79 Å². The van der Waals surface area contributed by atoms with Crippen molar-refractivity contribution < 1.29 is 4.79 Å². The van der Waals surface area contributed by atoms with Crippen molar-refractivity contribution in [2.75, 3.05) is 25.4 Å². The van der Waals surface area contributed by atoms with Gasteiger partial charge in [-0.2, -0.15) is 0 Å². The normalized spacial score (nSPS) is 18.2. The van der Waals surface area contributed by atoms with Gasteiger partial charge in [-0.3, -0.25) is 9.69 Å². The van der Waals surface area contributed by atoms with Crippen LogP contribution in [0, 0.1) is 0 Å². The Kier molecular flexibility index (Phi) is 9.42. The lowest BCUT2D eigenvalue weighted by Gasteiger charge is -2.34. The van der Waals surface area contributed by atoms with Gasteiger partial charge in [-0.1, -0.05) is 19.4 Å². The van der Waals surface area contributed by atoms with E-state index in [4.69, 9.17) is 5.73 Å². The van der Waals surface area contributed by atoms with Gasteiger partial charge >= 0.3 is 0 Å². The fourth-order valence-corrected chi connectivity index (χ4v) is 2.70. The molecule has 120 valence electrons. The molecule has 1 aliphatic heterocycles. The van der Waals surface area contributed by atoms with Gasteiger partial charge in [-0.25, -0.2) is 0 Å². The van der Waals surface area contributed by atoms with Crippen molar-refractivity contribution in [2.45, 2.75) is 32.2 Å². The molecule has 6 heteroatoms. The molecule has 4 nitrogen and oxygen atoms in total. The Bertz CT molecular complexity index is 443. The van der Waals surface area contributed by atoms with Crippen molar-refractivity contribution in [3.05, 3.63) is 29.8 Å². The minimum atomic E-state index is -0.0334. The van der Waals surface area contributed by atoms with Gasteiger partial charge in [-0.05, 0) is 44.1 Å². The first-order chi connectivity index (χ1) is 9.20. The third-order valence-corrected chi connectivity index (χ3v) is 3.80. The van der Waals surface area contributed by atoms with Gasteiger partial charge in [0.25, 0.3) is 5.91 Å². The molecule has 1 unspecified atom stereocenters. The Hall–Kier alpha value is -0.970. The van der Waals surface area contributed by atoms with E-state index >= 15 is 0 Å². The third kappa shape index (κ3) is 5.73. The molecule has 1 heterocycles. The maximum Gasteiger partial charge on any atom is 0.251 e. The number of likely N-dealkylation sites (N-methyl/N-ethyl adjacent to an activating group) is 1. The number of nitrogens with two attached hydrogens (primary N) is 1. The number of nitrogens with zero attached hydrogens (tertiary/aromatic N) is 1. The predicted molar refractivity (Wildman–Crippen MR) is 92.6 cm³/mol. The van der Waals surface area contributed by atoms with Crippen LogP contribution >= 0.6 is 24.8 Å². The molecule has 0 aromatic heterocycles. The molecule has 1 aromatic carbocycles. The highest BCUT2D eigenvalue weighted by atomic mass is 35.5. The molecule has 1 aromatic rings. The van der Waals surface area contributed by atoms with Gasteiger partial charge in [0.2, 0.25) is 0 Å². The summed E-state index contributed by atoms with van der Waals surface area (Å²) in [4.78, 5) is 14.5. The quantitative estimate of drug-likeness (QED) is 0.833. The molecule has 0 saturated carbocycles. The summed E-state index contributed by atoms with van der Waals surface area (Å²) in [5.74, 6) is -0.0334. The van der Waals surface area contributed by atoms with E-state index in [1.165, 1.54) is 19.3 Å². The molecule has 1 atom stereocenters. The fraction of sp³-hybridized carbons (Fsp3) is 0.533. The number of rotatable bonds is 4. The van der Waals surface area contributed by atoms with E-state index in [2.05, 4.69) is 17.1 Å².